The number of fused-ring (bicyclic) bond motifs is 1. The summed E-state index contributed by atoms with van der Waals surface area (Å²) in [5.74, 6) is -0.198. The molecule has 1 aliphatic carbocycles. The van der Waals surface area contributed by atoms with Crippen LogP contribution in [0.25, 0.3) is 0 Å². The van der Waals surface area contributed by atoms with E-state index in [1.807, 2.05) is 0 Å². The van der Waals surface area contributed by atoms with Crippen molar-refractivity contribution in [2.45, 2.75) is 56.9 Å². The fourth-order valence-electron chi connectivity index (χ4n) is 4.09. The largest absolute Gasteiger partial charge is 0.484 e. The molecule has 0 aromatic heterocycles. The second-order valence-electron chi connectivity index (χ2n) is 6.92. The Morgan fingerprint density at radius 1 is 1.20 bits per heavy atom. The number of ether oxygens (including phenoxy) is 1. The third-order valence-corrected chi connectivity index (χ3v) is 5.20. The van der Waals surface area contributed by atoms with Crippen molar-refractivity contribution in [2.75, 3.05) is 6.61 Å². The van der Waals surface area contributed by atoms with Gasteiger partial charge in [-0.3, -0.25) is 9.69 Å². The number of carboxylic acids is 1. The maximum absolute atomic E-state index is 12.2. The van der Waals surface area contributed by atoms with Crippen LogP contribution in [-0.2, 0) is 11.3 Å². The fourth-order valence-corrected chi connectivity index (χ4v) is 4.09. The summed E-state index contributed by atoms with van der Waals surface area (Å²) >= 11 is 0. The molecular formula is C18H22F3NO3. The van der Waals surface area contributed by atoms with Crippen molar-refractivity contribution < 1.29 is 27.8 Å². The lowest BCUT2D eigenvalue weighted by atomic mass is 9.84. The summed E-state index contributed by atoms with van der Waals surface area (Å²) in [5, 5.41) is 9.53. The van der Waals surface area contributed by atoms with Crippen molar-refractivity contribution >= 4 is 5.97 Å². The zero-order chi connectivity index (χ0) is 18.0. The summed E-state index contributed by atoms with van der Waals surface area (Å²) in [6, 6.07) is 6.24. The number of hydrogen-bond donors (Lipinski definition) is 1. The number of aliphatic carboxylic acids is 1. The molecule has 1 heterocycles. The van der Waals surface area contributed by atoms with E-state index in [1.165, 1.54) is 12.1 Å². The van der Waals surface area contributed by atoms with Gasteiger partial charge in [-0.1, -0.05) is 25.0 Å². The maximum atomic E-state index is 12.2. The van der Waals surface area contributed by atoms with Gasteiger partial charge in [-0.15, -0.1) is 0 Å². The molecule has 25 heavy (non-hydrogen) atoms. The predicted molar refractivity (Wildman–Crippen MR) is 85.3 cm³/mol. The number of likely N-dealkylation sites (tertiary alicyclic amines) is 1. The lowest BCUT2D eigenvalue weighted by Gasteiger charge is -2.33. The van der Waals surface area contributed by atoms with E-state index in [0.717, 1.165) is 31.2 Å². The zero-order valence-corrected chi connectivity index (χ0v) is 13.8. The SMILES string of the molecule is O=C(O)C1CC2CCCCC2N1Cc1ccc(OCC(F)(F)F)cc1. The third kappa shape index (κ3) is 4.45. The van der Waals surface area contributed by atoms with Gasteiger partial charge in [-0.2, -0.15) is 13.2 Å². The Kier molecular flexibility index (Phi) is 5.22. The molecule has 2 aliphatic rings. The number of rotatable bonds is 5. The highest BCUT2D eigenvalue weighted by molar-refractivity contribution is 5.74. The molecule has 7 heteroatoms. The normalized spacial score (nSPS) is 27.1. The average molecular weight is 357 g/mol. The molecule has 1 saturated carbocycles. The molecule has 1 aromatic carbocycles. The summed E-state index contributed by atoms with van der Waals surface area (Å²) in [4.78, 5) is 13.7. The molecule has 1 N–H and O–H groups in total. The van der Waals surface area contributed by atoms with Gasteiger partial charge >= 0.3 is 12.1 Å². The number of halogens is 3. The van der Waals surface area contributed by atoms with E-state index in [-0.39, 0.29) is 11.8 Å². The molecule has 3 unspecified atom stereocenters. The summed E-state index contributed by atoms with van der Waals surface area (Å²) in [6.45, 7) is -0.818. The van der Waals surface area contributed by atoms with Crippen LogP contribution in [0.4, 0.5) is 13.2 Å². The van der Waals surface area contributed by atoms with E-state index in [1.54, 1.807) is 12.1 Å². The van der Waals surface area contributed by atoms with Gasteiger partial charge < -0.3 is 9.84 Å². The van der Waals surface area contributed by atoms with Crippen molar-refractivity contribution in [3.63, 3.8) is 0 Å². The highest BCUT2D eigenvalue weighted by atomic mass is 19.4. The lowest BCUT2D eigenvalue weighted by molar-refractivity contribution is -0.153. The molecule has 3 rings (SSSR count). The summed E-state index contributed by atoms with van der Waals surface area (Å²) in [6.07, 6.45) is 0.697. The van der Waals surface area contributed by atoms with Crippen LogP contribution in [0.15, 0.2) is 24.3 Å². The van der Waals surface area contributed by atoms with Crippen molar-refractivity contribution in [3.8, 4) is 5.75 Å². The first-order valence-electron chi connectivity index (χ1n) is 8.60. The van der Waals surface area contributed by atoms with Gasteiger partial charge in [0.2, 0.25) is 0 Å². The van der Waals surface area contributed by atoms with Gasteiger partial charge in [0.05, 0.1) is 0 Å². The number of nitrogens with zero attached hydrogens (tertiary/aromatic N) is 1. The number of hydrogen-bond acceptors (Lipinski definition) is 3. The second-order valence-corrected chi connectivity index (χ2v) is 6.92. The fraction of sp³-hybridized carbons (Fsp3) is 0.611. The van der Waals surface area contributed by atoms with Gasteiger partial charge in [0.15, 0.2) is 6.61 Å². The molecule has 1 aromatic rings. The molecule has 1 saturated heterocycles. The molecule has 1 aliphatic heterocycles. The van der Waals surface area contributed by atoms with E-state index in [2.05, 4.69) is 4.90 Å². The van der Waals surface area contributed by atoms with Crippen LogP contribution in [0, 0.1) is 5.92 Å². The van der Waals surface area contributed by atoms with Crippen LogP contribution in [0.5, 0.6) is 5.75 Å². The van der Waals surface area contributed by atoms with Crippen molar-refractivity contribution in [3.05, 3.63) is 29.8 Å². The molecule has 3 atom stereocenters. The monoisotopic (exact) mass is 357 g/mol. The standard InChI is InChI=1S/C18H22F3NO3/c19-18(20,21)11-25-14-7-5-12(6-8-14)10-22-15-4-2-1-3-13(15)9-16(22)17(23)24/h5-8,13,15-16H,1-4,9-11H2,(H,23,24). The van der Waals surface area contributed by atoms with Gasteiger partial charge in [0.25, 0.3) is 0 Å². The molecule has 0 bridgehead atoms. The van der Waals surface area contributed by atoms with Gasteiger partial charge in [-0.25, -0.2) is 0 Å². The summed E-state index contributed by atoms with van der Waals surface area (Å²) < 4.78 is 41.2. The number of carboxylic acid groups (broad SMARTS) is 1. The first-order chi connectivity index (χ1) is 11.8. The molecule has 0 spiro atoms. The molecule has 2 fully saturated rings. The van der Waals surface area contributed by atoms with E-state index in [9.17, 15) is 23.1 Å². The van der Waals surface area contributed by atoms with Gasteiger partial charge in [0.1, 0.15) is 11.8 Å². The number of alkyl halides is 3. The molecule has 0 radical (unpaired) electrons. The summed E-state index contributed by atoms with van der Waals surface area (Å²) in [7, 11) is 0. The van der Waals surface area contributed by atoms with Gasteiger partial charge in [0, 0.05) is 12.6 Å². The minimum Gasteiger partial charge on any atom is -0.484 e. The first-order valence-corrected chi connectivity index (χ1v) is 8.60. The van der Waals surface area contributed by atoms with Crippen molar-refractivity contribution in [2.24, 2.45) is 5.92 Å². The summed E-state index contributed by atoms with van der Waals surface area (Å²) in [5.41, 5.74) is 0.886. The Balaban J connectivity index is 1.66. The highest BCUT2D eigenvalue weighted by Gasteiger charge is 2.44. The molecule has 0 amide bonds. The van der Waals surface area contributed by atoms with Crippen molar-refractivity contribution in [1.82, 2.24) is 4.90 Å². The maximum Gasteiger partial charge on any atom is 0.422 e. The smallest absolute Gasteiger partial charge is 0.422 e. The quantitative estimate of drug-likeness (QED) is 0.870. The Morgan fingerprint density at radius 3 is 2.52 bits per heavy atom. The average Bonchev–Trinajstić information content (AvgIpc) is 2.93. The van der Waals surface area contributed by atoms with E-state index in [4.69, 9.17) is 4.74 Å². The topological polar surface area (TPSA) is 49.8 Å². The predicted octanol–water partition coefficient (Wildman–Crippen LogP) is 3.85. The Morgan fingerprint density at radius 2 is 1.88 bits per heavy atom. The number of carbonyl (C=O) groups is 1. The van der Waals surface area contributed by atoms with Crippen LogP contribution in [0.3, 0.4) is 0 Å². The molecular weight excluding hydrogens is 335 g/mol. The van der Waals surface area contributed by atoms with Crippen LogP contribution < -0.4 is 4.74 Å². The Bertz CT molecular complexity index is 603. The minimum absolute atomic E-state index is 0.160. The van der Waals surface area contributed by atoms with Crippen LogP contribution >= 0.6 is 0 Å². The van der Waals surface area contributed by atoms with Crippen LogP contribution in [0.1, 0.15) is 37.7 Å². The van der Waals surface area contributed by atoms with Gasteiger partial charge in [-0.05, 0) is 42.9 Å². The first kappa shape index (κ1) is 18.0. The van der Waals surface area contributed by atoms with Crippen LogP contribution in [0.2, 0.25) is 0 Å². The van der Waals surface area contributed by atoms with Crippen molar-refractivity contribution in [1.29, 1.82) is 0 Å². The Hall–Kier alpha value is -1.76. The lowest BCUT2D eigenvalue weighted by Crippen LogP contribution is -2.41. The number of benzene rings is 1. The third-order valence-electron chi connectivity index (χ3n) is 5.20. The van der Waals surface area contributed by atoms with E-state index >= 15 is 0 Å². The van der Waals surface area contributed by atoms with E-state index in [0.29, 0.717) is 18.9 Å². The van der Waals surface area contributed by atoms with E-state index < -0.39 is 24.8 Å². The minimum atomic E-state index is -4.36. The van der Waals surface area contributed by atoms with Crippen LogP contribution in [-0.4, -0.2) is 40.8 Å². The highest BCUT2D eigenvalue weighted by Crippen LogP contribution is 2.40. The Labute approximate surface area is 144 Å². The zero-order valence-electron chi connectivity index (χ0n) is 13.8. The molecule has 138 valence electrons. The molecule has 4 nitrogen and oxygen atoms in total. The second kappa shape index (κ2) is 7.23.